The second kappa shape index (κ2) is 7.99. The summed E-state index contributed by atoms with van der Waals surface area (Å²) < 4.78 is 0. The molecule has 0 saturated heterocycles. The number of carbonyl (C=O) groups is 1. The van der Waals surface area contributed by atoms with Gasteiger partial charge >= 0.3 is 5.97 Å². The Balaban J connectivity index is 2.25. The monoisotopic (exact) mass is 346 g/mol. The molecule has 0 aliphatic carbocycles. The van der Waals surface area contributed by atoms with Crippen molar-refractivity contribution in [1.29, 1.82) is 0 Å². The lowest BCUT2D eigenvalue weighted by atomic mass is 9.95. The van der Waals surface area contributed by atoms with Crippen molar-refractivity contribution >= 4 is 21.9 Å². The average Bonchev–Trinajstić information content (AvgIpc) is 2.51. The number of alkyl halides is 1. The molecule has 1 N–H and O–H groups in total. The van der Waals surface area contributed by atoms with Crippen molar-refractivity contribution in [3.63, 3.8) is 0 Å². The fourth-order valence-electron chi connectivity index (χ4n) is 2.42. The average molecular weight is 347 g/mol. The van der Waals surface area contributed by atoms with Crippen LogP contribution in [-0.4, -0.2) is 16.4 Å². The molecule has 2 rings (SSSR count). The van der Waals surface area contributed by atoms with Crippen LogP contribution in [0.5, 0.6) is 0 Å². The number of halogens is 1. The fraction of sp³-hybridized carbons (Fsp3) is 0.278. The van der Waals surface area contributed by atoms with Gasteiger partial charge < -0.3 is 5.11 Å². The molecule has 0 aromatic heterocycles. The lowest BCUT2D eigenvalue weighted by Crippen LogP contribution is -1.98. The van der Waals surface area contributed by atoms with Crippen molar-refractivity contribution in [1.82, 2.24) is 0 Å². The van der Waals surface area contributed by atoms with Crippen molar-refractivity contribution in [2.45, 2.75) is 25.7 Å². The summed E-state index contributed by atoms with van der Waals surface area (Å²) in [6, 6.07) is 16.6. The maximum Gasteiger partial charge on any atom is 0.303 e. The molecule has 0 radical (unpaired) electrons. The summed E-state index contributed by atoms with van der Waals surface area (Å²) in [5, 5.41) is 9.80. The van der Waals surface area contributed by atoms with Gasteiger partial charge in [-0.15, -0.1) is 0 Å². The first-order chi connectivity index (χ1) is 10.2. The van der Waals surface area contributed by atoms with Crippen LogP contribution in [0, 0.1) is 0 Å². The Kier molecular flexibility index (Phi) is 6.00. The van der Waals surface area contributed by atoms with Crippen LogP contribution in [0.2, 0.25) is 0 Å². The van der Waals surface area contributed by atoms with Gasteiger partial charge in [-0.25, -0.2) is 0 Å². The van der Waals surface area contributed by atoms with Gasteiger partial charge in [0.25, 0.3) is 0 Å². The Morgan fingerprint density at radius 2 is 1.86 bits per heavy atom. The largest absolute Gasteiger partial charge is 0.481 e. The van der Waals surface area contributed by atoms with Gasteiger partial charge in [0.2, 0.25) is 0 Å². The Morgan fingerprint density at radius 1 is 1.05 bits per heavy atom. The van der Waals surface area contributed by atoms with Crippen LogP contribution < -0.4 is 0 Å². The van der Waals surface area contributed by atoms with Crippen LogP contribution in [0.4, 0.5) is 0 Å². The molecule has 0 fully saturated rings. The molecule has 110 valence electrons. The first kappa shape index (κ1) is 15.8. The summed E-state index contributed by atoms with van der Waals surface area (Å²) in [4.78, 5) is 10.7. The van der Waals surface area contributed by atoms with Crippen LogP contribution >= 0.6 is 15.9 Å². The first-order valence-electron chi connectivity index (χ1n) is 7.15. The number of carboxylic acid groups (broad SMARTS) is 1. The van der Waals surface area contributed by atoms with Crippen molar-refractivity contribution in [3.8, 4) is 11.1 Å². The minimum atomic E-state index is -0.752. The van der Waals surface area contributed by atoms with E-state index in [9.17, 15) is 4.79 Å². The summed E-state index contributed by atoms with van der Waals surface area (Å²) in [5.41, 5.74) is 4.83. The van der Waals surface area contributed by atoms with Crippen LogP contribution in [0.25, 0.3) is 11.1 Å². The van der Waals surface area contributed by atoms with Gasteiger partial charge in [0.15, 0.2) is 0 Å². The highest BCUT2D eigenvalue weighted by Crippen LogP contribution is 2.26. The van der Waals surface area contributed by atoms with Gasteiger partial charge in [0, 0.05) is 11.8 Å². The maximum absolute atomic E-state index is 10.7. The smallest absolute Gasteiger partial charge is 0.303 e. The standard InChI is InChI=1S/C18H19BrO2/c19-12-4-8-15-6-1-2-9-17(15)16-7-3-5-14(13-16)10-11-18(20)21/h1-3,5-7,9,13H,4,8,10-12H2,(H,20,21). The van der Waals surface area contributed by atoms with E-state index in [2.05, 4.69) is 52.3 Å². The summed E-state index contributed by atoms with van der Waals surface area (Å²) in [6.07, 6.45) is 2.90. The third-order valence-electron chi connectivity index (χ3n) is 3.46. The zero-order chi connectivity index (χ0) is 15.1. The van der Waals surface area contributed by atoms with Crippen LogP contribution in [0.1, 0.15) is 24.0 Å². The normalized spacial score (nSPS) is 10.5. The first-order valence-corrected chi connectivity index (χ1v) is 8.28. The molecule has 2 nitrogen and oxygen atoms in total. The number of hydrogen-bond acceptors (Lipinski definition) is 1. The van der Waals surface area contributed by atoms with E-state index in [1.807, 2.05) is 12.1 Å². The molecule has 0 bridgehead atoms. The van der Waals surface area contributed by atoms with E-state index in [4.69, 9.17) is 5.11 Å². The molecule has 0 spiro atoms. The third kappa shape index (κ3) is 4.71. The Hall–Kier alpha value is -1.61. The molecule has 2 aromatic rings. The second-order valence-electron chi connectivity index (χ2n) is 5.04. The van der Waals surface area contributed by atoms with E-state index < -0.39 is 5.97 Å². The summed E-state index contributed by atoms with van der Waals surface area (Å²) in [6.45, 7) is 0. The third-order valence-corrected chi connectivity index (χ3v) is 4.02. The number of aryl methyl sites for hydroxylation is 2. The minimum absolute atomic E-state index is 0.175. The number of hydrogen-bond donors (Lipinski definition) is 1. The minimum Gasteiger partial charge on any atom is -0.481 e. The SMILES string of the molecule is O=C(O)CCc1cccc(-c2ccccc2CCCBr)c1. The van der Waals surface area contributed by atoms with Gasteiger partial charge in [0.05, 0.1) is 0 Å². The highest BCUT2D eigenvalue weighted by Gasteiger charge is 2.06. The topological polar surface area (TPSA) is 37.3 Å². The molecular formula is C18H19BrO2. The number of rotatable bonds is 7. The zero-order valence-electron chi connectivity index (χ0n) is 11.9. The molecule has 0 amide bonds. The predicted molar refractivity (Wildman–Crippen MR) is 89.9 cm³/mol. The van der Waals surface area contributed by atoms with E-state index in [1.165, 1.54) is 16.7 Å². The second-order valence-corrected chi connectivity index (χ2v) is 5.84. The fourth-order valence-corrected chi connectivity index (χ4v) is 2.70. The van der Waals surface area contributed by atoms with Crippen molar-refractivity contribution in [2.24, 2.45) is 0 Å². The summed E-state index contributed by atoms with van der Waals surface area (Å²) >= 11 is 3.48. The Labute approximate surface area is 134 Å². The van der Waals surface area contributed by atoms with Gasteiger partial charge in [0.1, 0.15) is 0 Å². The van der Waals surface area contributed by atoms with Gasteiger partial charge in [-0.3, -0.25) is 4.79 Å². The number of carboxylic acids is 1. The highest BCUT2D eigenvalue weighted by atomic mass is 79.9. The number of benzene rings is 2. The lowest BCUT2D eigenvalue weighted by Gasteiger charge is -2.10. The van der Waals surface area contributed by atoms with Crippen LogP contribution in [0.3, 0.4) is 0 Å². The van der Waals surface area contributed by atoms with Crippen LogP contribution in [-0.2, 0) is 17.6 Å². The maximum atomic E-state index is 10.7. The molecular weight excluding hydrogens is 328 g/mol. The van der Waals surface area contributed by atoms with Gasteiger partial charge in [-0.05, 0) is 41.5 Å². The lowest BCUT2D eigenvalue weighted by molar-refractivity contribution is -0.136. The predicted octanol–water partition coefficient (Wildman–Crippen LogP) is 4.70. The summed E-state index contributed by atoms with van der Waals surface area (Å²) in [7, 11) is 0. The molecule has 3 heteroatoms. The molecule has 21 heavy (non-hydrogen) atoms. The molecule has 0 aliphatic rings. The highest BCUT2D eigenvalue weighted by molar-refractivity contribution is 9.09. The van der Waals surface area contributed by atoms with Gasteiger partial charge in [-0.2, -0.15) is 0 Å². The molecule has 0 heterocycles. The number of aliphatic carboxylic acids is 1. The van der Waals surface area contributed by atoms with Crippen molar-refractivity contribution < 1.29 is 9.90 Å². The van der Waals surface area contributed by atoms with Crippen LogP contribution in [0.15, 0.2) is 48.5 Å². The molecule has 0 atom stereocenters. The molecule has 0 saturated carbocycles. The summed E-state index contributed by atoms with van der Waals surface area (Å²) in [5.74, 6) is -0.752. The van der Waals surface area contributed by atoms with Gasteiger partial charge in [-0.1, -0.05) is 64.5 Å². The van der Waals surface area contributed by atoms with E-state index in [1.54, 1.807) is 0 Å². The van der Waals surface area contributed by atoms with E-state index in [-0.39, 0.29) is 6.42 Å². The quantitative estimate of drug-likeness (QED) is 0.738. The molecule has 2 aromatic carbocycles. The molecule has 0 unspecified atom stereocenters. The Bertz CT molecular complexity index is 608. The Morgan fingerprint density at radius 3 is 2.62 bits per heavy atom. The molecule has 0 aliphatic heterocycles. The van der Waals surface area contributed by atoms with E-state index in [0.717, 1.165) is 23.7 Å². The van der Waals surface area contributed by atoms with E-state index in [0.29, 0.717) is 6.42 Å². The van der Waals surface area contributed by atoms with E-state index >= 15 is 0 Å². The van der Waals surface area contributed by atoms with Crippen molar-refractivity contribution in [2.75, 3.05) is 5.33 Å². The zero-order valence-corrected chi connectivity index (χ0v) is 13.5. The van der Waals surface area contributed by atoms with Crippen molar-refractivity contribution in [3.05, 3.63) is 59.7 Å².